The molecule has 0 spiro atoms. The second-order valence-electron chi connectivity index (χ2n) is 1.75. The van der Waals surface area contributed by atoms with Crippen LogP contribution in [0.2, 0.25) is 0 Å². The number of aldehydes is 1. The fraction of sp³-hybridized carbons (Fsp3) is 0. The van der Waals surface area contributed by atoms with Crippen LogP contribution < -0.4 is 5.73 Å². The monoisotopic (exact) mass is 248 g/mol. The van der Waals surface area contributed by atoms with Crippen LogP contribution in [-0.4, -0.2) is 11.3 Å². The Hall–Kier alpha value is -0.650. The number of carbonyl (C=O) groups is 1. The van der Waals surface area contributed by atoms with Crippen molar-refractivity contribution in [3.63, 3.8) is 0 Å². The van der Waals surface area contributed by atoms with E-state index in [2.05, 4.69) is 4.98 Å². The normalized spacial score (nSPS) is 9.30. The first-order chi connectivity index (χ1) is 4.74. The van der Waals surface area contributed by atoms with Crippen LogP contribution in [-0.2, 0) is 0 Å². The summed E-state index contributed by atoms with van der Waals surface area (Å²) in [4.78, 5) is 14.1. The summed E-state index contributed by atoms with van der Waals surface area (Å²) in [5.41, 5.74) is 5.92. The molecule has 2 N–H and O–H groups in total. The summed E-state index contributed by atoms with van der Waals surface area (Å²) in [6.45, 7) is 0. The molecule has 0 aliphatic rings. The first-order valence-corrected chi connectivity index (χ1v) is 3.68. The van der Waals surface area contributed by atoms with E-state index in [4.69, 9.17) is 5.73 Å². The lowest BCUT2D eigenvalue weighted by Gasteiger charge is -1.95. The molecule has 10 heavy (non-hydrogen) atoms. The molecule has 0 aliphatic heterocycles. The number of carbonyl (C=O) groups excluding carboxylic acids is 1. The highest BCUT2D eigenvalue weighted by atomic mass is 127. The first kappa shape index (κ1) is 7.46. The van der Waals surface area contributed by atoms with E-state index in [1.807, 2.05) is 22.6 Å². The van der Waals surface area contributed by atoms with E-state index < -0.39 is 0 Å². The molecule has 1 heterocycles. The van der Waals surface area contributed by atoms with Gasteiger partial charge in [0.15, 0.2) is 6.29 Å². The minimum absolute atomic E-state index is 0.377. The molecular formula is C6H5IN2O. The molecule has 3 nitrogen and oxygen atoms in total. The van der Waals surface area contributed by atoms with Crippen molar-refractivity contribution in [2.75, 3.05) is 5.73 Å². The number of aromatic nitrogens is 1. The summed E-state index contributed by atoms with van der Waals surface area (Å²) in [5.74, 6) is 0.377. The summed E-state index contributed by atoms with van der Waals surface area (Å²) in [6.07, 6.45) is 2.33. The lowest BCUT2D eigenvalue weighted by molar-refractivity contribution is 0.112. The summed E-state index contributed by atoms with van der Waals surface area (Å²) in [6, 6.07) is 1.55. The van der Waals surface area contributed by atoms with Gasteiger partial charge in [-0.1, -0.05) is 0 Å². The van der Waals surface area contributed by atoms with Gasteiger partial charge in [0.1, 0.15) is 5.82 Å². The van der Waals surface area contributed by atoms with Crippen molar-refractivity contribution in [3.05, 3.63) is 21.4 Å². The molecular weight excluding hydrogens is 243 g/mol. The van der Waals surface area contributed by atoms with Crippen molar-refractivity contribution < 1.29 is 4.79 Å². The molecule has 0 atom stereocenters. The molecule has 0 saturated heterocycles. The Kier molecular flexibility index (Phi) is 2.21. The van der Waals surface area contributed by atoms with E-state index in [-0.39, 0.29) is 0 Å². The van der Waals surface area contributed by atoms with Gasteiger partial charge in [0.25, 0.3) is 0 Å². The maximum absolute atomic E-state index is 10.3. The molecule has 1 aromatic heterocycles. The highest BCUT2D eigenvalue weighted by molar-refractivity contribution is 14.1. The molecule has 0 aromatic carbocycles. The molecule has 1 aromatic rings. The van der Waals surface area contributed by atoms with Crippen molar-refractivity contribution >= 4 is 34.7 Å². The van der Waals surface area contributed by atoms with Crippen molar-refractivity contribution in [3.8, 4) is 0 Å². The summed E-state index contributed by atoms with van der Waals surface area (Å²) in [7, 11) is 0. The van der Waals surface area contributed by atoms with Gasteiger partial charge in [0, 0.05) is 15.3 Å². The van der Waals surface area contributed by atoms with E-state index in [0.29, 0.717) is 11.4 Å². The summed E-state index contributed by atoms with van der Waals surface area (Å²) < 4.78 is 0.821. The maximum Gasteiger partial charge on any atom is 0.151 e. The predicted octanol–water partition coefficient (Wildman–Crippen LogP) is 1.08. The molecule has 0 saturated carbocycles. The lowest BCUT2D eigenvalue weighted by Crippen LogP contribution is -1.93. The maximum atomic E-state index is 10.3. The Morgan fingerprint density at radius 1 is 1.70 bits per heavy atom. The molecule has 1 rings (SSSR count). The highest BCUT2D eigenvalue weighted by Gasteiger charge is 1.97. The number of nitrogens with zero attached hydrogens (tertiary/aromatic N) is 1. The number of rotatable bonds is 1. The number of pyridine rings is 1. The van der Waals surface area contributed by atoms with Crippen LogP contribution in [0.3, 0.4) is 0 Å². The van der Waals surface area contributed by atoms with Crippen LogP contribution in [0, 0.1) is 3.57 Å². The van der Waals surface area contributed by atoms with Gasteiger partial charge in [0.2, 0.25) is 0 Å². The van der Waals surface area contributed by atoms with E-state index in [0.717, 1.165) is 9.86 Å². The summed E-state index contributed by atoms with van der Waals surface area (Å²) >= 11 is 2.03. The number of nitrogen functional groups attached to an aromatic ring is 1. The van der Waals surface area contributed by atoms with Crippen LogP contribution in [0.4, 0.5) is 5.82 Å². The average Bonchev–Trinajstić information content (AvgIpc) is 1.94. The van der Waals surface area contributed by atoms with Gasteiger partial charge in [-0.05, 0) is 28.7 Å². The Morgan fingerprint density at radius 3 is 2.90 bits per heavy atom. The van der Waals surface area contributed by atoms with E-state index in [1.165, 1.54) is 0 Å². The zero-order chi connectivity index (χ0) is 7.56. The van der Waals surface area contributed by atoms with Gasteiger partial charge in [-0.15, -0.1) is 0 Å². The van der Waals surface area contributed by atoms with Crippen molar-refractivity contribution in [1.29, 1.82) is 0 Å². The van der Waals surface area contributed by atoms with E-state index in [9.17, 15) is 4.79 Å². The molecule has 4 heteroatoms. The SMILES string of the molecule is Nc1cc(C=O)c(I)cn1. The van der Waals surface area contributed by atoms with E-state index >= 15 is 0 Å². The van der Waals surface area contributed by atoms with Gasteiger partial charge in [-0.25, -0.2) is 4.98 Å². The van der Waals surface area contributed by atoms with Gasteiger partial charge in [0.05, 0.1) is 0 Å². The molecule has 0 aliphatic carbocycles. The van der Waals surface area contributed by atoms with Gasteiger partial charge in [-0.2, -0.15) is 0 Å². The minimum atomic E-state index is 0.377. The van der Waals surface area contributed by atoms with Crippen molar-refractivity contribution in [2.45, 2.75) is 0 Å². The van der Waals surface area contributed by atoms with Gasteiger partial charge in [-0.3, -0.25) is 4.79 Å². The highest BCUT2D eigenvalue weighted by Crippen LogP contribution is 2.10. The third kappa shape index (κ3) is 1.44. The molecule has 52 valence electrons. The number of halogens is 1. The second kappa shape index (κ2) is 2.96. The number of hydrogen-bond donors (Lipinski definition) is 1. The third-order valence-corrected chi connectivity index (χ3v) is 1.93. The number of nitrogens with two attached hydrogens (primary N) is 1. The zero-order valence-corrected chi connectivity index (χ0v) is 7.20. The topological polar surface area (TPSA) is 56.0 Å². The molecule has 0 bridgehead atoms. The van der Waals surface area contributed by atoms with Crippen LogP contribution >= 0.6 is 22.6 Å². The van der Waals surface area contributed by atoms with Crippen LogP contribution in [0.1, 0.15) is 10.4 Å². The predicted molar refractivity (Wildman–Crippen MR) is 46.8 cm³/mol. The Balaban J connectivity index is 3.21. The average molecular weight is 248 g/mol. The van der Waals surface area contributed by atoms with Crippen LogP contribution in [0.5, 0.6) is 0 Å². The van der Waals surface area contributed by atoms with Gasteiger partial charge >= 0.3 is 0 Å². The lowest BCUT2D eigenvalue weighted by atomic mass is 10.3. The van der Waals surface area contributed by atoms with E-state index in [1.54, 1.807) is 12.3 Å². The van der Waals surface area contributed by atoms with Crippen molar-refractivity contribution in [1.82, 2.24) is 4.98 Å². The van der Waals surface area contributed by atoms with Crippen LogP contribution in [0.25, 0.3) is 0 Å². The molecule has 0 amide bonds. The Labute approximate surface area is 71.8 Å². The molecule has 0 fully saturated rings. The first-order valence-electron chi connectivity index (χ1n) is 2.60. The smallest absolute Gasteiger partial charge is 0.151 e. The minimum Gasteiger partial charge on any atom is -0.384 e. The van der Waals surface area contributed by atoms with Gasteiger partial charge < -0.3 is 5.73 Å². The molecule has 0 radical (unpaired) electrons. The summed E-state index contributed by atoms with van der Waals surface area (Å²) in [5, 5.41) is 0. The quantitative estimate of drug-likeness (QED) is 0.597. The Morgan fingerprint density at radius 2 is 2.40 bits per heavy atom. The van der Waals surface area contributed by atoms with Crippen molar-refractivity contribution in [2.24, 2.45) is 0 Å². The fourth-order valence-corrected chi connectivity index (χ4v) is 0.984. The second-order valence-corrected chi connectivity index (χ2v) is 2.91. The Bertz CT molecular complexity index is 262. The zero-order valence-electron chi connectivity index (χ0n) is 5.04. The fourth-order valence-electron chi connectivity index (χ4n) is 0.562. The third-order valence-electron chi connectivity index (χ3n) is 1.03. The standard InChI is InChI=1S/C6H5IN2O/c7-5-2-9-6(8)1-4(5)3-10/h1-3H,(H2,8,9). The molecule has 0 unspecified atom stereocenters. The van der Waals surface area contributed by atoms with Crippen LogP contribution in [0.15, 0.2) is 12.3 Å². The largest absolute Gasteiger partial charge is 0.384 e. The number of hydrogen-bond acceptors (Lipinski definition) is 3. The number of anilines is 1.